The lowest BCUT2D eigenvalue weighted by Gasteiger charge is -2.29. The van der Waals surface area contributed by atoms with Crippen molar-refractivity contribution in [3.8, 4) is 16.9 Å². The van der Waals surface area contributed by atoms with Crippen molar-refractivity contribution < 1.29 is 4.74 Å². The Morgan fingerprint density at radius 2 is 1.18 bits per heavy atom. The summed E-state index contributed by atoms with van der Waals surface area (Å²) in [4.78, 5) is 2.33. The average Bonchev–Trinajstić information content (AvgIpc) is 3.77. The summed E-state index contributed by atoms with van der Waals surface area (Å²) in [5, 5.41) is 11.1. The highest BCUT2D eigenvalue weighted by Gasteiger charge is 2.29. The van der Waals surface area contributed by atoms with E-state index in [-0.39, 0.29) is 6.23 Å². The fourth-order valence-corrected chi connectivity index (χ4v) is 8.44. The Labute approximate surface area is 288 Å². The molecule has 49 heavy (non-hydrogen) atoms. The molecule has 1 atom stereocenters. The van der Waals surface area contributed by atoms with E-state index in [4.69, 9.17) is 4.74 Å². The molecule has 1 N–H and O–H groups in total. The van der Waals surface area contributed by atoms with Crippen molar-refractivity contribution in [3.05, 3.63) is 175 Å². The van der Waals surface area contributed by atoms with Crippen molar-refractivity contribution in [2.75, 3.05) is 10.2 Å². The Bertz CT molecular complexity index is 2680. The molecule has 1 aliphatic heterocycles. The maximum atomic E-state index is 6.88. The van der Waals surface area contributed by atoms with E-state index < -0.39 is 0 Å². The summed E-state index contributed by atoms with van der Waals surface area (Å²) in [5.41, 5.74) is 7.71. The number of hydrogen-bond donors (Lipinski definition) is 1. The maximum Gasteiger partial charge on any atom is 0.198 e. The van der Waals surface area contributed by atoms with Crippen LogP contribution < -0.4 is 15.0 Å². The van der Waals surface area contributed by atoms with Gasteiger partial charge in [0.2, 0.25) is 0 Å². The van der Waals surface area contributed by atoms with Crippen molar-refractivity contribution >= 4 is 75.8 Å². The number of nitrogens with one attached hydrogen (secondary N) is 1. The summed E-state index contributed by atoms with van der Waals surface area (Å²) < 4.78 is 9.52. The van der Waals surface area contributed by atoms with Crippen LogP contribution in [0.4, 0.5) is 22.7 Å². The van der Waals surface area contributed by atoms with Crippen LogP contribution in [0.2, 0.25) is 0 Å². The number of nitrogens with zero attached hydrogens (tertiary/aromatic N) is 1. The predicted octanol–water partition coefficient (Wildman–Crippen LogP) is 13.0. The van der Waals surface area contributed by atoms with Crippen LogP contribution in [-0.4, -0.2) is 0 Å². The SMILES string of the molecule is c1ccc(N(c2ccc(-c3ccc4sc5ccccc5c4c3)cc2)c2ccccc2C2Nc3ccc4ccc5ccccc5c4c3O2)cc1. The highest BCUT2D eigenvalue weighted by molar-refractivity contribution is 7.25. The highest BCUT2D eigenvalue weighted by atomic mass is 32.1. The summed E-state index contributed by atoms with van der Waals surface area (Å²) in [6.45, 7) is 0. The van der Waals surface area contributed by atoms with Crippen LogP contribution >= 0.6 is 11.3 Å². The monoisotopic (exact) mass is 646 g/mol. The van der Waals surface area contributed by atoms with Gasteiger partial charge >= 0.3 is 0 Å². The number of fused-ring (bicyclic) bond motifs is 8. The van der Waals surface area contributed by atoms with Gasteiger partial charge in [0, 0.05) is 42.5 Å². The standard InChI is InChI=1S/C45H30N2OS/c1-2-11-33(12-3-1)47(34-24-20-29(21-25-34)32-23-27-42-38(28-32)36-14-7-9-17-41(36)49-42)40-16-8-6-15-37(40)45-46-39-26-22-31-19-18-30-10-4-5-13-35(30)43(31)44(39)48-45/h1-28,45-46H. The molecule has 2 heterocycles. The number of ether oxygens (including phenoxy) is 1. The fraction of sp³-hybridized carbons (Fsp3) is 0.0222. The van der Waals surface area contributed by atoms with Gasteiger partial charge in [0.15, 0.2) is 12.0 Å². The molecule has 1 unspecified atom stereocenters. The summed E-state index contributed by atoms with van der Waals surface area (Å²) >= 11 is 1.85. The molecule has 0 saturated carbocycles. The second-order valence-electron chi connectivity index (χ2n) is 12.6. The van der Waals surface area contributed by atoms with Gasteiger partial charge in [0.1, 0.15) is 0 Å². The molecule has 4 heteroatoms. The first-order valence-electron chi connectivity index (χ1n) is 16.6. The van der Waals surface area contributed by atoms with Crippen LogP contribution in [0.1, 0.15) is 11.8 Å². The second-order valence-corrected chi connectivity index (χ2v) is 13.6. The van der Waals surface area contributed by atoms with Crippen LogP contribution in [0.3, 0.4) is 0 Å². The molecule has 1 aromatic heterocycles. The van der Waals surface area contributed by atoms with Crippen LogP contribution in [0.25, 0.3) is 52.8 Å². The lowest BCUT2D eigenvalue weighted by atomic mass is 10.0. The predicted molar refractivity (Wildman–Crippen MR) is 208 cm³/mol. The van der Waals surface area contributed by atoms with Crippen molar-refractivity contribution in [1.82, 2.24) is 0 Å². The van der Waals surface area contributed by atoms with E-state index in [0.29, 0.717) is 0 Å². The van der Waals surface area contributed by atoms with Gasteiger partial charge in [-0.1, -0.05) is 115 Å². The molecule has 232 valence electrons. The van der Waals surface area contributed by atoms with E-state index >= 15 is 0 Å². The molecular weight excluding hydrogens is 617 g/mol. The molecule has 0 spiro atoms. The number of anilines is 4. The zero-order valence-electron chi connectivity index (χ0n) is 26.5. The normalized spacial score (nSPS) is 13.8. The lowest BCUT2D eigenvalue weighted by Crippen LogP contribution is -2.17. The third kappa shape index (κ3) is 4.64. The van der Waals surface area contributed by atoms with Gasteiger partial charge in [0.25, 0.3) is 0 Å². The quantitative estimate of drug-likeness (QED) is 0.188. The van der Waals surface area contributed by atoms with Crippen molar-refractivity contribution in [3.63, 3.8) is 0 Å². The average molecular weight is 647 g/mol. The molecule has 8 aromatic carbocycles. The Balaban J connectivity index is 1.05. The summed E-state index contributed by atoms with van der Waals surface area (Å²) in [7, 11) is 0. The number of para-hydroxylation sites is 2. The Morgan fingerprint density at radius 3 is 2.08 bits per heavy atom. The number of thiophene rings is 1. The smallest absolute Gasteiger partial charge is 0.198 e. The molecular formula is C45H30N2OS. The van der Waals surface area contributed by atoms with Crippen LogP contribution in [0.15, 0.2) is 170 Å². The maximum absolute atomic E-state index is 6.88. The first-order chi connectivity index (χ1) is 24.3. The van der Waals surface area contributed by atoms with E-state index in [9.17, 15) is 0 Å². The molecule has 0 aliphatic carbocycles. The number of benzene rings is 8. The molecule has 0 radical (unpaired) electrons. The largest absolute Gasteiger partial charge is 0.464 e. The van der Waals surface area contributed by atoms with E-state index in [1.807, 2.05) is 11.3 Å². The van der Waals surface area contributed by atoms with Crippen molar-refractivity contribution in [2.45, 2.75) is 6.23 Å². The molecule has 9 aromatic rings. The third-order valence-corrected chi connectivity index (χ3v) is 10.8. The summed E-state index contributed by atoms with van der Waals surface area (Å²) in [6, 6.07) is 60.8. The fourth-order valence-electron chi connectivity index (χ4n) is 7.36. The molecule has 0 fully saturated rings. The minimum atomic E-state index is -0.353. The first-order valence-corrected chi connectivity index (χ1v) is 17.4. The lowest BCUT2D eigenvalue weighted by molar-refractivity contribution is 0.263. The van der Waals surface area contributed by atoms with Gasteiger partial charge in [-0.3, -0.25) is 0 Å². The van der Waals surface area contributed by atoms with E-state index in [2.05, 4.69) is 180 Å². The third-order valence-electron chi connectivity index (χ3n) is 9.69. The van der Waals surface area contributed by atoms with E-state index in [0.717, 1.165) is 39.4 Å². The van der Waals surface area contributed by atoms with Crippen molar-refractivity contribution in [1.29, 1.82) is 0 Å². The van der Waals surface area contributed by atoms with Gasteiger partial charge < -0.3 is 15.0 Å². The molecule has 0 saturated heterocycles. The highest BCUT2D eigenvalue weighted by Crippen LogP contribution is 2.48. The van der Waals surface area contributed by atoms with Gasteiger partial charge in [0.05, 0.1) is 11.4 Å². The minimum Gasteiger partial charge on any atom is -0.464 e. The van der Waals surface area contributed by atoms with Crippen LogP contribution in [0, 0.1) is 0 Å². The molecule has 10 rings (SSSR count). The second kappa shape index (κ2) is 11.3. The zero-order chi connectivity index (χ0) is 32.3. The number of hydrogen-bond acceptors (Lipinski definition) is 4. The molecule has 3 nitrogen and oxygen atoms in total. The topological polar surface area (TPSA) is 24.5 Å². The Morgan fingerprint density at radius 1 is 0.510 bits per heavy atom. The molecule has 0 amide bonds. The van der Waals surface area contributed by atoms with Gasteiger partial charge in [-0.2, -0.15) is 0 Å². The van der Waals surface area contributed by atoms with E-state index in [1.54, 1.807) is 0 Å². The number of rotatable bonds is 5. The zero-order valence-corrected chi connectivity index (χ0v) is 27.3. The van der Waals surface area contributed by atoms with Gasteiger partial charge in [-0.25, -0.2) is 0 Å². The van der Waals surface area contributed by atoms with Crippen LogP contribution in [-0.2, 0) is 0 Å². The Kier molecular flexibility index (Phi) is 6.42. The van der Waals surface area contributed by atoms with Gasteiger partial charge in [-0.05, 0) is 81.9 Å². The van der Waals surface area contributed by atoms with Crippen LogP contribution in [0.5, 0.6) is 5.75 Å². The summed E-state index contributed by atoms with van der Waals surface area (Å²) in [5.74, 6) is 0.903. The van der Waals surface area contributed by atoms with Crippen molar-refractivity contribution in [2.24, 2.45) is 0 Å². The first kappa shape index (κ1) is 28.0. The minimum absolute atomic E-state index is 0.353. The van der Waals surface area contributed by atoms with E-state index in [1.165, 1.54) is 47.5 Å². The van der Waals surface area contributed by atoms with Gasteiger partial charge in [-0.15, -0.1) is 11.3 Å². The Hall–Kier alpha value is -6.10. The molecule has 0 bridgehead atoms. The molecule has 1 aliphatic rings. The summed E-state index contributed by atoms with van der Waals surface area (Å²) in [6.07, 6.45) is -0.353.